The molecule has 0 aromatic carbocycles. The number of nitrogens with zero attached hydrogens (tertiary/aromatic N) is 1. The first-order valence-electron chi connectivity index (χ1n) is 3.87. The van der Waals surface area contributed by atoms with Gasteiger partial charge in [0.05, 0.1) is 6.33 Å². The number of aromatic hydroxyl groups is 1. The van der Waals surface area contributed by atoms with Crippen LogP contribution in [0.25, 0.3) is 0 Å². The summed E-state index contributed by atoms with van der Waals surface area (Å²) in [6, 6.07) is 0. The molecule has 2 unspecified atom stereocenters. The third kappa shape index (κ3) is 2.11. The van der Waals surface area contributed by atoms with Crippen LogP contribution in [0.4, 0.5) is 0 Å². The highest BCUT2D eigenvalue weighted by Gasteiger charge is 2.28. The van der Waals surface area contributed by atoms with Gasteiger partial charge < -0.3 is 26.0 Å². The van der Waals surface area contributed by atoms with Crippen LogP contribution in [0.3, 0.4) is 0 Å². The average molecular weight is 215 g/mol. The van der Waals surface area contributed by atoms with Gasteiger partial charge in [0, 0.05) is 0 Å². The van der Waals surface area contributed by atoms with E-state index in [0.29, 0.717) is 0 Å². The van der Waals surface area contributed by atoms with E-state index in [1.54, 1.807) is 0 Å². The van der Waals surface area contributed by atoms with Crippen molar-refractivity contribution >= 4 is 5.91 Å². The van der Waals surface area contributed by atoms with Gasteiger partial charge in [0.2, 0.25) is 11.8 Å². The summed E-state index contributed by atoms with van der Waals surface area (Å²) in [6.45, 7) is 0. The maximum atomic E-state index is 11.1. The summed E-state index contributed by atoms with van der Waals surface area (Å²) in [6.07, 6.45) is -2.99. The lowest BCUT2D eigenvalue weighted by atomic mass is 10.1. The van der Waals surface area contributed by atoms with E-state index in [9.17, 15) is 14.7 Å². The average Bonchev–Trinajstić information content (AvgIpc) is 2.15. The van der Waals surface area contributed by atoms with Crippen molar-refractivity contribution in [3.05, 3.63) is 22.2 Å². The molecule has 1 heterocycles. The molecule has 1 aromatic rings. The van der Waals surface area contributed by atoms with E-state index in [2.05, 4.69) is 9.97 Å². The Morgan fingerprint density at radius 1 is 1.53 bits per heavy atom. The molecule has 6 N–H and O–H groups in total. The minimum Gasteiger partial charge on any atom is -0.493 e. The van der Waals surface area contributed by atoms with Gasteiger partial charge in [-0.05, 0) is 0 Å². The fourth-order valence-electron chi connectivity index (χ4n) is 0.981. The number of hydrogen-bond acceptors (Lipinski definition) is 6. The normalized spacial score (nSPS) is 14.5. The third-order valence-corrected chi connectivity index (χ3v) is 1.75. The summed E-state index contributed by atoms with van der Waals surface area (Å²) < 4.78 is 0. The predicted molar refractivity (Wildman–Crippen MR) is 46.7 cm³/mol. The van der Waals surface area contributed by atoms with Crippen molar-refractivity contribution in [1.82, 2.24) is 9.97 Å². The van der Waals surface area contributed by atoms with Gasteiger partial charge in [0.1, 0.15) is 11.7 Å². The number of primary amides is 1. The molecule has 1 rings (SSSR count). The number of carbonyl (C=O) groups is 1. The molecule has 0 bridgehead atoms. The van der Waals surface area contributed by atoms with Crippen LogP contribution >= 0.6 is 0 Å². The molecule has 1 aromatic heterocycles. The Bertz CT molecular complexity index is 429. The molecule has 0 spiro atoms. The number of hydrogen-bond donors (Lipinski definition) is 5. The highest BCUT2D eigenvalue weighted by atomic mass is 16.3. The van der Waals surface area contributed by atoms with Gasteiger partial charge in [0.25, 0.3) is 5.56 Å². The topological polar surface area (TPSA) is 150 Å². The molecule has 8 heteroatoms. The monoisotopic (exact) mass is 215 g/mol. The number of amides is 1. The van der Waals surface area contributed by atoms with Crippen molar-refractivity contribution in [3.63, 3.8) is 0 Å². The summed E-state index contributed by atoms with van der Waals surface area (Å²) >= 11 is 0. The number of aliphatic hydroxyl groups excluding tert-OH is 2. The van der Waals surface area contributed by atoms with E-state index in [-0.39, 0.29) is 0 Å². The molecular formula is C7H9N3O5. The van der Waals surface area contributed by atoms with Crippen molar-refractivity contribution in [2.24, 2.45) is 5.73 Å². The molecule has 1 amide bonds. The molecule has 0 saturated heterocycles. The highest BCUT2D eigenvalue weighted by Crippen LogP contribution is 2.19. The Hall–Kier alpha value is -1.93. The van der Waals surface area contributed by atoms with Gasteiger partial charge in [-0.25, -0.2) is 4.98 Å². The minimum absolute atomic E-state index is 0.608. The van der Waals surface area contributed by atoms with E-state index < -0.39 is 35.1 Å². The first-order chi connectivity index (χ1) is 6.95. The highest BCUT2D eigenvalue weighted by molar-refractivity contribution is 5.79. The SMILES string of the molecule is NC(=O)C(O)C(O)c1c(O)nc[nH]c1=O. The van der Waals surface area contributed by atoms with Crippen LogP contribution in [0.1, 0.15) is 11.7 Å². The zero-order chi connectivity index (χ0) is 11.6. The standard InChI is InChI=1S/C7H9N3O5/c8-5(13)4(12)3(11)2-6(14)9-1-10-7(2)15/h1,3-4,11-12H,(H2,8,13)(H2,9,10,14,15). The first-order valence-corrected chi connectivity index (χ1v) is 3.87. The van der Waals surface area contributed by atoms with Gasteiger partial charge in [-0.3, -0.25) is 9.59 Å². The molecule has 0 saturated carbocycles. The van der Waals surface area contributed by atoms with Crippen LogP contribution in [0.5, 0.6) is 5.88 Å². The van der Waals surface area contributed by atoms with E-state index in [1.165, 1.54) is 0 Å². The fraction of sp³-hybridized carbons (Fsp3) is 0.286. The van der Waals surface area contributed by atoms with Crippen molar-refractivity contribution in [2.45, 2.75) is 12.2 Å². The molecule has 82 valence electrons. The molecule has 0 radical (unpaired) electrons. The van der Waals surface area contributed by atoms with Gasteiger partial charge in [-0.15, -0.1) is 0 Å². The quantitative estimate of drug-likeness (QED) is 0.372. The number of carbonyl (C=O) groups excluding carboxylic acids is 1. The van der Waals surface area contributed by atoms with Gasteiger partial charge >= 0.3 is 0 Å². The lowest BCUT2D eigenvalue weighted by Gasteiger charge is -2.14. The zero-order valence-electron chi connectivity index (χ0n) is 7.41. The van der Waals surface area contributed by atoms with E-state index in [0.717, 1.165) is 6.33 Å². The molecule has 0 aliphatic carbocycles. The Labute approximate surface area is 83.0 Å². The van der Waals surface area contributed by atoms with Crippen molar-refractivity contribution in [3.8, 4) is 5.88 Å². The van der Waals surface area contributed by atoms with E-state index >= 15 is 0 Å². The van der Waals surface area contributed by atoms with Crippen LogP contribution in [0.2, 0.25) is 0 Å². The number of nitrogens with one attached hydrogen (secondary N) is 1. The summed E-state index contributed by atoms with van der Waals surface area (Å²) in [5, 5.41) is 27.6. The van der Waals surface area contributed by atoms with E-state index in [1.807, 2.05) is 0 Å². The third-order valence-electron chi connectivity index (χ3n) is 1.75. The number of nitrogens with two attached hydrogens (primary N) is 1. The van der Waals surface area contributed by atoms with Crippen molar-refractivity contribution < 1.29 is 20.1 Å². The van der Waals surface area contributed by atoms with Crippen LogP contribution in [-0.2, 0) is 4.79 Å². The maximum Gasteiger partial charge on any atom is 0.260 e. The molecular weight excluding hydrogens is 206 g/mol. The van der Waals surface area contributed by atoms with Gasteiger partial charge in [-0.1, -0.05) is 0 Å². The summed E-state index contributed by atoms with van der Waals surface area (Å²) in [5.41, 5.74) is 3.24. The van der Waals surface area contributed by atoms with Crippen LogP contribution < -0.4 is 11.3 Å². The van der Waals surface area contributed by atoms with Crippen LogP contribution in [0.15, 0.2) is 11.1 Å². The lowest BCUT2D eigenvalue weighted by molar-refractivity contribution is -0.132. The van der Waals surface area contributed by atoms with Gasteiger partial charge in [0.15, 0.2) is 6.10 Å². The van der Waals surface area contributed by atoms with Crippen molar-refractivity contribution in [2.75, 3.05) is 0 Å². The predicted octanol–water partition coefficient (Wildman–Crippen LogP) is -2.64. The zero-order valence-corrected chi connectivity index (χ0v) is 7.41. The van der Waals surface area contributed by atoms with Crippen LogP contribution in [-0.4, -0.2) is 37.3 Å². The molecule has 2 atom stereocenters. The fourth-order valence-corrected chi connectivity index (χ4v) is 0.981. The van der Waals surface area contributed by atoms with Gasteiger partial charge in [-0.2, -0.15) is 0 Å². The molecule has 0 aliphatic heterocycles. The number of aromatic amines is 1. The molecule has 0 aliphatic rings. The summed E-state index contributed by atoms with van der Waals surface area (Å²) in [5.74, 6) is -1.99. The maximum absolute atomic E-state index is 11.1. The smallest absolute Gasteiger partial charge is 0.260 e. The Balaban J connectivity index is 3.16. The van der Waals surface area contributed by atoms with Crippen LogP contribution in [0, 0.1) is 0 Å². The molecule has 8 nitrogen and oxygen atoms in total. The number of H-pyrrole nitrogens is 1. The van der Waals surface area contributed by atoms with E-state index in [4.69, 9.17) is 15.9 Å². The Morgan fingerprint density at radius 3 is 2.60 bits per heavy atom. The molecule has 15 heavy (non-hydrogen) atoms. The molecule has 0 fully saturated rings. The Kier molecular flexibility index (Phi) is 3.02. The number of aliphatic hydroxyl groups is 2. The number of rotatable bonds is 3. The largest absolute Gasteiger partial charge is 0.493 e. The van der Waals surface area contributed by atoms with Crippen molar-refractivity contribution in [1.29, 1.82) is 0 Å². The summed E-state index contributed by atoms with van der Waals surface area (Å²) in [7, 11) is 0. The first kappa shape index (κ1) is 11.1. The second kappa shape index (κ2) is 4.07. The second-order valence-electron chi connectivity index (χ2n) is 2.76. The minimum atomic E-state index is -1.99. The lowest BCUT2D eigenvalue weighted by Crippen LogP contribution is -2.36. The number of aromatic nitrogens is 2. The second-order valence-corrected chi connectivity index (χ2v) is 2.76. The Morgan fingerprint density at radius 2 is 2.13 bits per heavy atom. The summed E-state index contributed by atoms with van der Waals surface area (Å²) in [4.78, 5) is 27.0.